The van der Waals surface area contributed by atoms with E-state index in [4.69, 9.17) is 4.98 Å². The summed E-state index contributed by atoms with van der Waals surface area (Å²) in [6.07, 6.45) is 5.82. The molecule has 0 bridgehead atoms. The van der Waals surface area contributed by atoms with Crippen LogP contribution in [0.15, 0.2) is 55.0 Å². The van der Waals surface area contributed by atoms with Crippen LogP contribution in [0.4, 0.5) is 5.82 Å². The Morgan fingerprint density at radius 3 is 2.80 bits per heavy atom. The third-order valence-corrected chi connectivity index (χ3v) is 5.78. The van der Waals surface area contributed by atoms with Gasteiger partial charge in [0.2, 0.25) is 0 Å². The first-order valence-electron chi connectivity index (χ1n) is 9.99. The smallest absolute Gasteiger partial charge is 0.260 e. The Morgan fingerprint density at radius 2 is 2.00 bits per heavy atom. The van der Waals surface area contributed by atoms with Crippen LogP contribution >= 0.6 is 0 Å². The van der Waals surface area contributed by atoms with Crippen LogP contribution < -0.4 is 4.90 Å². The number of anilines is 1. The number of fused-ring (bicyclic) bond motifs is 1. The quantitative estimate of drug-likeness (QED) is 0.528. The molecule has 1 aromatic carbocycles. The number of benzene rings is 1. The minimum absolute atomic E-state index is 0.0325. The van der Waals surface area contributed by atoms with E-state index < -0.39 is 0 Å². The topological polar surface area (TPSA) is 81.7 Å². The SMILES string of the molecule is Cn1nccc1-c1ccc2c(c1)CN(c1cccc(-c3nncn3C3CC3)n1)C2=O. The molecule has 2 aliphatic rings. The molecule has 4 aromatic rings. The number of pyridine rings is 1. The number of hydrogen-bond acceptors (Lipinski definition) is 5. The largest absolute Gasteiger partial charge is 0.309 e. The number of rotatable bonds is 4. The number of aryl methyl sites for hydroxylation is 1. The van der Waals surface area contributed by atoms with E-state index in [1.165, 1.54) is 0 Å². The van der Waals surface area contributed by atoms with Crippen molar-refractivity contribution in [3.05, 3.63) is 66.1 Å². The second-order valence-electron chi connectivity index (χ2n) is 7.78. The van der Waals surface area contributed by atoms with Gasteiger partial charge >= 0.3 is 0 Å². The number of nitrogens with zero attached hydrogens (tertiary/aromatic N) is 7. The van der Waals surface area contributed by atoms with Crippen LogP contribution in [0.25, 0.3) is 22.8 Å². The summed E-state index contributed by atoms with van der Waals surface area (Å²) in [5.41, 5.74) is 4.50. The number of carbonyl (C=O) groups is 1. The lowest BCUT2D eigenvalue weighted by atomic mass is 10.0. The predicted octanol–water partition coefficient (Wildman–Crippen LogP) is 3.24. The first kappa shape index (κ1) is 17.1. The Bertz CT molecular complexity index is 1280. The Kier molecular flexibility index (Phi) is 3.61. The fraction of sp³-hybridized carbons (Fsp3) is 0.227. The van der Waals surface area contributed by atoms with Gasteiger partial charge in [0.1, 0.15) is 17.8 Å². The molecule has 1 saturated carbocycles. The zero-order valence-corrected chi connectivity index (χ0v) is 16.4. The molecular formula is C22H19N7O. The van der Waals surface area contributed by atoms with Crippen LogP contribution in [0, 0.1) is 0 Å². The van der Waals surface area contributed by atoms with E-state index in [9.17, 15) is 4.79 Å². The van der Waals surface area contributed by atoms with Crippen LogP contribution in [-0.4, -0.2) is 35.4 Å². The molecule has 0 saturated heterocycles. The minimum atomic E-state index is -0.0325. The molecule has 0 radical (unpaired) electrons. The van der Waals surface area contributed by atoms with Crippen molar-refractivity contribution in [1.82, 2.24) is 29.5 Å². The highest BCUT2D eigenvalue weighted by Crippen LogP contribution is 2.37. The second kappa shape index (κ2) is 6.35. The standard InChI is InChI=1S/C22H19N7O/c1-27-19(9-10-24-27)14-5-8-17-15(11-14)12-28(22(17)30)20-4-2-3-18(25-20)21-26-23-13-29(21)16-6-7-16/h2-5,8-11,13,16H,6-7,12H2,1H3. The average Bonchev–Trinajstić information content (AvgIpc) is 3.18. The maximum absolute atomic E-state index is 13.1. The molecular weight excluding hydrogens is 378 g/mol. The van der Waals surface area contributed by atoms with Crippen molar-refractivity contribution in [2.75, 3.05) is 4.90 Å². The molecule has 4 heterocycles. The maximum atomic E-state index is 13.1. The fourth-order valence-corrected chi connectivity index (χ4v) is 4.07. The summed E-state index contributed by atoms with van der Waals surface area (Å²) in [4.78, 5) is 19.6. The molecule has 6 rings (SSSR count). The van der Waals surface area contributed by atoms with Crippen LogP contribution in [0.3, 0.4) is 0 Å². The van der Waals surface area contributed by atoms with Gasteiger partial charge in [-0.25, -0.2) is 4.98 Å². The molecule has 0 N–H and O–H groups in total. The van der Waals surface area contributed by atoms with Crippen molar-refractivity contribution < 1.29 is 4.79 Å². The number of hydrogen-bond donors (Lipinski definition) is 0. The molecule has 0 unspecified atom stereocenters. The van der Waals surface area contributed by atoms with Gasteiger partial charge in [-0.2, -0.15) is 5.10 Å². The average molecular weight is 397 g/mol. The lowest BCUT2D eigenvalue weighted by molar-refractivity contribution is 0.0996. The Morgan fingerprint density at radius 1 is 1.10 bits per heavy atom. The third-order valence-electron chi connectivity index (χ3n) is 5.78. The van der Waals surface area contributed by atoms with Crippen LogP contribution in [0.2, 0.25) is 0 Å². The Balaban J connectivity index is 1.34. The van der Waals surface area contributed by atoms with E-state index in [0.29, 0.717) is 24.0 Å². The molecule has 30 heavy (non-hydrogen) atoms. The first-order valence-corrected chi connectivity index (χ1v) is 9.99. The molecule has 0 atom stereocenters. The summed E-state index contributed by atoms with van der Waals surface area (Å²) in [7, 11) is 1.91. The van der Waals surface area contributed by atoms with Crippen molar-refractivity contribution in [3.8, 4) is 22.8 Å². The maximum Gasteiger partial charge on any atom is 0.260 e. The van der Waals surface area contributed by atoms with Crippen molar-refractivity contribution in [2.24, 2.45) is 7.05 Å². The van der Waals surface area contributed by atoms with Crippen LogP contribution in [0.5, 0.6) is 0 Å². The van der Waals surface area contributed by atoms with E-state index >= 15 is 0 Å². The van der Waals surface area contributed by atoms with Gasteiger partial charge < -0.3 is 4.57 Å². The van der Waals surface area contributed by atoms with E-state index in [1.807, 2.05) is 48.1 Å². The van der Waals surface area contributed by atoms with Crippen molar-refractivity contribution in [2.45, 2.75) is 25.4 Å². The summed E-state index contributed by atoms with van der Waals surface area (Å²) >= 11 is 0. The molecule has 1 aliphatic carbocycles. The highest BCUT2D eigenvalue weighted by molar-refractivity contribution is 6.09. The van der Waals surface area contributed by atoms with Crippen molar-refractivity contribution in [1.29, 1.82) is 0 Å². The van der Waals surface area contributed by atoms with Gasteiger partial charge in [0, 0.05) is 30.4 Å². The number of carbonyl (C=O) groups excluding carboxylic acids is 1. The first-order chi connectivity index (χ1) is 14.7. The van der Waals surface area contributed by atoms with Crippen molar-refractivity contribution in [3.63, 3.8) is 0 Å². The second-order valence-corrected chi connectivity index (χ2v) is 7.78. The zero-order valence-electron chi connectivity index (χ0n) is 16.4. The van der Waals surface area contributed by atoms with Gasteiger partial charge in [0.05, 0.1) is 12.2 Å². The van der Waals surface area contributed by atoms with Crippen molar-refractivity contribution >= 4 is 11.7 Å². The van der Waals surface area contributed by atoms with E-state index in [1.54, 1.807) is 17.4 Å². The molecule has 8 nitrogen and oxygen atoms in total. The molecule has 1 amide bonds. The van der Waals surface area contributed by atoms with Crippen LogP contribution in [-0.2, 0) is 13.6 Å². The molecule has 1 aliphatic heterocycles. The summed E-state index contributed by atoms with van der Waals surface area (Å²) in [5.74, 6) is 1.35. The summed E-state index contributed by atoms with van der Waals surface area (Å²) < 4.78 is 3.91. The van der Waals surface area contributed by atoms with E-state index in [0.717, 1.165) is 41.2 Å². The fourth-order valence-electron chi connectivity index (χ4n) is 4.07. The highest BCUT2D eigenvalue weighted by atomic mass is 16.2. The summed E-state index contributed by atoms with van der Waals surface area (Å²) in [6.45, 7) is 0.492. The lowest BCUT2D eigenvalue weighted by Crippen LogP contribution is -2.24. The lowest BCUT2D eigenvalue weighted by Gasteiger charge is -2.15. The highest BCUT2D eigenvalue weighted by Gasteiger charge is 2.31. The van der Waals surface area contributed by atoms with Crippen LogP contribution in [0.1, 0.15) is 34.8 Å². The normalized spacial score (nSPS) is 15.6. The summed E-state index contributed by atoms with van der Waals surface area (Å²) in [5, 5.41) is 12.6. The minimum Gasteiger partial charge on any atom is -0.309 e. The van der Waals surface area contributed by atoms with Gasteiger partial charge in [0.15, 0.2) is 5.82 Å². The molecule has 1 fully saturated rings. The van der Waals surface area contributed by atoms with Gasteiger partial charge in [-0.3, -0.25) is 14.4 Å². The van der Waals surface area contributed by atoms with Gasteiger partial charge in [-0.1, -0.05) is 12.1 Å². The molecule has 8 heteroatoms. The number of aromatic nitrogens is 6. The Hall–Kier alpha value is -3.81. The van der Waals surface area contributed by atoms with Gasteiger partial charge in [-0.15, -0.1) is 10.2 Å². The third kappa shape index (κ3) is 2.64. The number of amides is 1. The predicted molar refractivity (Wildman–Crippen MR) is 111 cm³/mol. The molecule has 3 aromatic heterocycles. The zero-order chi connectivity index (χ0) is 20.2. The molecule has 0 spiro atoms. The van der Waals surface area contributed by atoms with Gasteiger partial charge in [0.25, 0.3) is 5.91 Å². The molecule has 148 valence electrons. The Labute approximate surface area is 172 Å². The van der Waals surface area contributed by atoms with Gasteiger partial charge in [-0.05, 0) is 48.7 Å². The van der Waals surface area contributed by atoms with E-state index in [-0.39, 0.29) is 5.91 Å². The monoisotopic (exact) mass is 397 g/mol. The summed E-state index contributed by atoms with van der Waals surface area (Å²) in [6, 6.07) is 14.1. The van der Waals surface area contributed by atoms with E-state index in [2.05, 4.69) is 25.9 Å².